The van der Waals surface area contributed by atoms with E-state index in [1.165, 1.54) is 30.4 Å². The van der Waals surface area contributed by atoms with Crippen molar-refractivity contribution in [2.45, 2.75) is 51.3 Å². The lowest BCUT2D eigenvalue weighted by Gasteiger charge is -2.31. The second-order valence-corrected chi connectivity index (χ2v) is 6.97. The fourth-order valence-corrected chi connectivity index (χ4v) is 4.35. The van der Waals surface area contributed by atoms with Gasteiger partial charge >= 0.3 is 0 Å². The van der Waals surface area contributed by atoms with E-state index in [2.05, 4.69) is 61.0 Å². The predicted molar refractivity (Wildman–Crippen MR) is 78.6 cm³/mol. The van der Waals surface area contributed by atoms with Crippen LogP contribution < -0.4 is 0 Å². The van der Waals surface area contributed by atoms with Gasteiger partial charge in [0.1, 0.15) is 0 Å². The second-order valence-electron chi connectivity index (χ2n) is 5.98. The molecule has 94 valence electrons. The summed E-state index contributed by atoms with van der Waals surface area (Å²) in [6.07, 6.45) is 5.24. The third kappa shape index (κ3) is 2.76. The zero-order valence-electron chi connectivity index (χ0n) is 11.2. The Bertz CT molecular complexity index is 364. The minimum absolute atomic E-state index is 0.484. The molecule has 1 aromatic carbocycles. The Labute approximate surface area is 114 Å². The summed E-state index contributed by atoms with van der Waals surface area (Å²) < 4.78 is 0. The van der Waals surface area contributed by atoms with Crippen LogP contribution in [0.1, 0.15) is 56.0 Å². The number of alkyl halides is 1. The van der Waals surface area contributed by atoms with Crippen molar-refractivity contribution in [3.8, 4) is 0 Å². The minimum Gasteiger partial charge on any atom is -0.0836 e. The van der Waals surface area contributed by atoms with Crippen LogP contribution in [0.15, 0.2) is 24.3 Å². The molecule has 1 heteroatoms. The average molecular weight is 295 g/mol. The fraction of sp³-hybridized carbons (Fsp3) is 0.625. The van der Waals surface area contributed by atoms with Crippen LogP contribution in [0.5, 0.6) is 0 Å². The molecule has 1 aliphatic carbocycles. The molecule has 0 saturated heterocycles. The van der Waals surface area contributed by atoms with Crippen molar-refractivity contribution >= 4 is 15.9 Å². The third-order valence-corrected chi connectivity index (χ3v) is 5.57. The molecule has 2 unspecified atom stereocenters. The Morgan fingerprint density at radius 1 is 1.29 bits per heavy atom. The molecule has 1 saturated carbocycles. The summed E-state index contributed by atoms with van der Waals surface area (Å²) in [7, 11) is 0. The van der Waals surface area contributed by atoms with Gasteiger partial charge in [-0.25, -0.2) is 0 Å². The maximum atomic E-state index is 3.93. The van der Waals surface area contributed by atoms with E-state index >= 15 is 0 Å². The van der Waals surface area contributed by atoms with E-state index in [1.807, 2.05) is 0 Å². The molecular weight excluding hydrogens is 272 g/mol. The van der Waals surface area contributed by atoms with E-state index in [-0.39, 0.29) is 0 Å². The lowest BCUT2D eigenvalue weighted by Crippen LogP contribution is -2.21. The van der Waals surface area contributed by atoms with Gasteiger partial charge in [-0.15, -0.1) is 0 Å². The summed E-state index contributed by atoms with van der Waals surface area (Å²) in [5, 5.41) is 0. The molecule has 0 bridgehead atoms. The highest BCUT2D eigenvalue weighted by Gasteiger charge is 2.38. The molecule has 2 atom stereocenters. The van der Waals surface area contributed by atoms with Crippen LogP contribution in [0.2, 0.25) is 0 Å². The van der Waals surface area contributed by atoms with Crippen LogP contribution in [0, 0.1) is 11.3 Å². The van der Waals surface area contributed by atoms with Crippen molar-refractivity contribution < 1.29 is 0 Å². The lowest BCUT2D eigenvalue weighted by atomic mass is 9.78. The van der Waals surface area contributed by atoms with Crippen LogP contribution >= 0.6 is 15.9 Å². The van der Waals surface area contributed by atoms with Gasteiger partial charge in [-0.05, 0) is 41.7 Å². The van der Waals surface area contributed by atoms with Crippen LogP contribution in [-0.4, -0.2) is 0 Å². The zero-order valence-corrected chi connectivity index (χ0v) is 12.8. The summed E-state index contributed by atoms with van der Waals surface area (Å²) in [6, 6.07) is 9.14. The normalized spacial score (nSPS) is 24.8. The highest BCUT2D eigenvalue weighted by Crippen LogP contribution is 2.51. The Balaban J connectivity index is 2.16. The van der Waals surface area contributed by atoms with Crippen molar-refractivity contribution in [3.63, 3.8) is 0 Å². The molecule has 2 rings (SSSR count). The number of rotatable bonds is 3. The molecule has 1 fully saturated rings. The minimum atomic E-state index is 0.484. The Kier molecular flexibility index (Phi) is 3.97. The Hall–Kier alpha value is -0.300. The van der Waals surface area contributed by atoms with Gasteiger partial charge in [0, 0.05) is 4.83 Å². The number of benzene rings is 1. The lowest BCUT2D eigenvalue weighted by molar-refractivity contribution is 0.257. The van der Waals surface area contributed by atoms with Crippen LogP contribution in [0.3, 0.4) is 0 Å². The number of hydrogen-bond acceptors (Lipinski definition) is 0. The van der Waals surface area contributed by atoms with E-state index < -0.39 is 0 Å². The maximum Gasteiger partial charge on any atom is 0.0428 e. The van der Waals surface area contributed by atoms with E-state index in [1.54, 1.807) is 0 Å². The first kappa shape index (κ1) is 13.1. The van der Waals surface area contributed by atoms with Gasteiger partial charge in [0.15, 0.2) is 0 Å². The summed E-state index contributed by atoms with van der Waals surface area (Å²) in [6.45, 7) is 7.04. The predicted octanol–water partition coefficient (Wildman–Crippen LogP) is 5.51. The van der Waals surface area contributed by atoms with Gasteiger partial charge < -0.3 is 0 Å². The first-order chi connectivity index (χ1) is 8.04. The van der Waals surface area contributed by atoms with Crippen molar-refractivity contribution in [1.82, 2.24) is 0 Å². The Morgan fingerprint density at radius 2 is 1.94 bits per heavy atom. The summed E-state index contributed by atoms with van der Waals surface area (Å²) in [5.74, 6) is 0.773. The van der Waals surface area contributed by atoms with Crippen molar-refractivity contribution in [1.29, 1.82) is 0 Å². The molecule has 0 aromatic heterocycles. The van der Waals surface area contributed by atoms with Crippen LogP contribution in [0.4, 0.5) is 0 Å². The molecule has 1 aliphatic rings. The molecule has 0 amide bonds. The molecule has 0 N–H and O–H groups in total. The van der Waals surface area contributed by atoms with Gasteiger partial charge in [0.05, 0.1) is 0 Å². The van der Waals surface area contributed by atoms with E-state index in [0.717, 1.165) is 12.3 Å². The zero-order chi connectivity index (χ0) is 12.5. The first-order valence-electron chi connectivity index (χ1n) is 6.77. The fourth-order valence-electron chi connectivity index (χ4n) is 3.07. The Morgan fingerprint density at radius 3 is 2.41 bits per heavy atom. The average Bonchev–Trinajstić information content (AvgIpc) is 2.68. The molecule has 0 spiro atoms. The highest BCUT2D eigenvalue weighted by molar-refractivity contribution is 9.09. The quantitative estimate of drug-likeness (QED) is 0.645. The molecule has 0 aliphatic heterocycles. The molecule has 17 heavy (non-hydrogen) atoms. The van der Waals surface area contributed by atoms with Crippen molar-refractivity contribution in [3.05, 3.63) is 35.4 Å². The smallest absolute Gasteiger partial charge is 0.0428 e. The maximum absolute atomic E-state index is 3.93. The topological polar surface area (TPSA) is 0 Å². The van der Waals surface area contributed by atoms with Gasteiger partial charge in [-0.3, -0.25) is 0 Å². The third-order valence-electron chi connectivity index (χ3n) is 4.40. The number of aryl methyl sites for hydroxylation is 1. The summed E-state index contributed by atoms with van der Waals surface area (Å²) >= 11 is 3.93. The summed E-state index contributed by atoms with van der Waals surface area (Å²) in [5.41, 5.74) is 3.36. The number of halogens is 1. The highest BCUT2D eigenvalue weighted by atomic mass is 79.9. The summed E-state index contributed by atoms with van der Waals surface area (Å²) in [4.78, 5) is 0.519. The van der Waals surface area contributed by atoms with Gasteiger partial charge in [-0.1, -0.05) is 67.4 Å². The first-order valence-corrected chi connectivity index (χ1v) is 7.69. The number of hydrogen-bond donors (Lipinski definition) is 0. The van der Waals surface area contributed by atoms with Gasteiger partial charge in [0.2, 0.25) is 0 Å². The van der Waals surface area contributed by atoms with Gasteiger partial charge in [-0.2, -0.15) is 0 Å². The van der Waals surface area contributed by atoms with Crippen LogP contribution in [-0.2, 0) is 6.42 Å². The van der Waals surface area contributed by atoms with Gasteiger partial charge in [0.25, 0.3) is 0 Å². The molecule has 1 aromatic rings. The van der Waals surface area contributed by atoms with E-state index in [0.29, 0.717) is 10.2 Å². The van der Waals surface area contributed by atoms with E-state index in [4.69, 9.17) is 0 Å². The van der Waals surface area contributed by atoms with E-state index in [9.17, 15) is 0 Å². The van der Waals surface area contributed by atoms with Crippen molar-refractivity contribution in [2.24, 2.45) is 11.3 Å². The SMILES string of the molecule is CCc1ccc(C(Br)C2CCCC2(C)C)cc1. The largest absolute Gasteiger partial charge is 0.0836 e. The standard InChI is InChI=1S/C16H23Br/c1-4-12-7-9-13(10-8-12)15(17)14-6-5-11-16(14,2)3/h7-10,14-15H,4-6,11H2,1-3H3. The van der Waals surface area contributed by atoms with Crippen LogP contribution in [0.25, 0.3) is 0 Å². The molecular formula is C16H23Br. The second kappa shape index (κ2) is 5.14. The van der Waals surface area contributed by atoms with Crippen molar-refractivity contribution in [2.75, 3.05) is 0 Å². The molecule has 0 heterocycles. The molecule has 0 nitrogen and oxygen atoms in total. The molecule has 0 radical (unpaired) electrons. The monoisotopic (exact) mass is 294 g/mol.